The van der Waals surface area contributed by atoms with Crippen molar-refractivity contribution in [2.75, 3.05) is 0 Å². The van der Waals surface area contributed by atoms with Crippen molar-refractivity contribution >= 4 is 17.3 Å². The highest BCUT2D eigenvalue weighted by Gasteiger charge is 2.22. The molecule has 0 spiro atoms. The van der Waals surface area contributed by atoms with Crippen molar-refractivity contribution in [2.24, 2.45) is 0 Å². The van der Waals surface area contributed by atoms with E-state index in [1.54, 1.807) is 0 Å². The number of allylic oxidation sites excluding steroid dienone is 4. The number of carboxylic acids is 1. The van der Waals surface area contributed by atoms with Crippen LogP contribution in [-0.2, 0) is 0 Å². The maximum atomic E-state index is 11.1. The first-order chi connectivity index (χ1) is 8.11. The summed E-state index contributed by atoms with van der Waals surface area (Å²) >= 11 is 1.49. The zero-order valence-electron chi connectivity index (χ0n) is 9.93. The van der Waals surface area contributed by atoms with Gasteiger partial charge in [0.15, 0.2) is 5.69 Å². The summed E-state index contributed by atoms with van der Waals surface area (Å²) in [7, 11) is 0. The number of carboxylic acid groups (broad SMARTS) is 1. The molecule has 0 radical (unpaired) electrons. The van der Waals surface area contributed by atoms with Gasteiger partial charge in [-0.05, 0) is 19.8 Å². The van der Waals surface area contributed by atoms with Crippen LogP contribution in [0, 0.1) is 6.92 Å². The normalized spacial score (nSPS) is 19.2. The molecule has 1 N–H and O–H groups in total. The molecule has 1 atom stereocenters. The predicted octanol–water partition coefficient (Wildman–Crippen LogP) is 3.53. The maximum Gasteiger partial charge on any atom is 0.355 e. The molecular weight excluding hydrogens is 234 g/mol. The summed E-state index contributed by atoms with van der Waals surface area (Å²) in [5.74, 6) is -0.759. The molecule has 0 fully saturated rings. The van der Waals surface area contributed by atoms with E-state index in [1.165, 1.54) is 16.9 Å². The Morgan fingerprint density at radius 3 is 2.94 bits per heavy atom. The lowest BCUT2D eigenvalue weighted by Gasteiger charge is -2.14. The molecular formula is C13H15NO2S. The second kappa shape index (κ2) is 4.84. The van der Waals surface area contributed by atoms with E-state index in [2.05, 4.69) is 30.1 Å². The Morgan fingerprint density at radius 1 is 1.65 bits per heavy atom. The molecule has 1 aliphatic carbocycles. The molecule has 1 aromatic heterocycles. The van der Waals surface area contributed by atoms with Crippen LogP contribution in [0.25, 0.3) is 0 Å². The summed E-state index contributed by atoms with van der Waals surface area (Å²) in [6.45, 7) is 3.97. The molecule has 0 amide bonds. The third-order valence-electron chi connectivity index (χ3n) is 2.88. The van der Waals surface area contributed by atoms with Gasteiger partial charge < -0.3 is 5.11 Å². The molecule has 0 saturated heterocycles. The molecule has 3 nitrogen and oxygen atoms in total. The highest BCUT2D eigenvalue weighted by atomic mass is 32.1. The number of aryl methyl sites for hydroxylation is 1. The molecule has 1 aromatic rings. The first-order valence-electron chi connectivity index (χ1n) is 5.69. The van der Waals surface area contributed by atoms with E-state index >= 15 is 0 Å². The van der Waals surface area contributed by atoms with Gasteiger partial charge in [-0.1, -0.05) is 30.7 Å². The Morgan fingerprint density at radius 2 is 2.41 bits per heavy atom. The van der Waals surface area contributed by atoms with E-state index in [9.17, 15) is 4.79 Å². The molecule has 0 aromatic carbocycles. The smallest absolute Gasteiger partial charge is 0.355 e. The third-order valence-corrected chi connectivity index (χ3v) is 3.99. The Hall–Kier alpha value is -1.42. The lowest BCUT2D eigenvalue weighted by Crippen LogP contribution is -2.05. The Balaban J connectivity index is 2.28. The Kier molecular flexibility index (Phi) is 3.43. The molecule has 0 aliphatic heterocycles. The highest BCUT2D eigenvalue weighted by molar-refractivity contribution is 7.12. The monoisotopic (exact) mass is 249 g/mol. The average molecular weight is 249 g/mol. The number of aromatic carboxylic acids is 1. The standard InChI is InChI=1S/C13H15NO2S/c1-3-9-4-6-10(7-5-9)12-11(13(15)16)14-8(2)17-12/h4-6,10H,3,7H2,1-2H3,(H,15,16). The maximum absolute atomic E-state index is 11.1. The topological polar surface area (TPSA) is 50.2 Å². The minimum atomic E-state index is -0.928. The third kappa shape index (κ3) is 2.47. The van der Waals surface area contributed by atoms with E-state index in [1.807, 2.05) is 6.92 Å². The zero-order valence-corrected chi connectivity index (χ0v) is 10.8. The molecule has 0 bridgehead atoms. The van der Waals surface area contributed by atoms with Crippen LogP contribution in [0.2, 0.25) is 0 Å². The van der Waals surface area contributed by atoms with Gasteiger partial charge in [-0.15, -0.1) is 11.3 Å². The van der Waals surface area contributed by atoms with Gasteiger partial charge in [0.05, 0.1) is 5.01 Å². The fourth-order valence-corrected chi connectivity index (χ4v) is 2.98. The summed E-state index contributed by atoms with van der Waals surface area (Å²) < 4.78 is 0. The number of rotatable bonds is 3. The summed E-state index contributed by atoms with van der Waals surface area (Å²) in [6.07, 6.45) is 8.27. The fourth-order valence-electron chi connectivity index (χ4n) is 1.97. The van der Waals surface area contributed by atoms with Gasteiger partial charge in [0.25, 0.3) is 0 Å². The Bertz CT molecular complexity index is 500. The second-order valence-electron chi connectivity index (χ2n) is 4.08. The first-order valence-corrected chi connectivity index (χ1v) is 6.51. The lowest BCUT2D eigenvalue weighted by molar-refractivity contribution is 0.0689. The quantitative estimate of drug-likeness (QED) is 0.891. The predicted molar refractivity (Wildman–Crippen MR) is 68.7 cm³/mol. The van der Waals surface area contributed by atoms with Gasteiger partial charge in [-0.2, -0.15) is 0 Å². The van der Waals surface area contributed by atoms with Crippen molar-refractivity contribution in [3.63, 3.8) is 0 Å². The van der Waals surface area contributed by atoms with Crippen LogP contribution in [0.15, 0.2) is 23.8 Å². The summed E-state index contributed by atoms with van der Waals surface area (Å²) in [6, 6.07) is 0. The van der Waals surface area contributed by atoms with Crippen LogP contribution in [0.4, 0.5) is 0 Å². The average Bonchev–Trinajstić information content (AvgIpc) is 2.72. The highest BCUT2D eigenvalue weighted by Crippen LogP contribution is 2.33. The van der Waals surface area contributed by atoms with Gasteiger partial charge in [-0.3, -0.25) is 0 Å². The van der Waals surface area contributed by atoms with Gasteiger partial charge in [-0.25, -0.2) is 9.78 Å². The zero-order chi connectivity index (χ0) is 12.4. The van der Waals surface area contributed by atoms with E-state index < -0.39 is 5.97 Å². The first kappa shape index (κ1) is 12.0. The fraction of sp³-hybridized carbons (Fsp3) is 0.385. The van der Waals surface area contributed by atoms with Gasteiger partial charge in [0.2, 0.25) is 0 Å². The number of hydrogen-bond acceptors (Lipinski definition) is 3. The van der Waals surface area contributed by atoms with Crippen molar-refractivity contribution in [2.45, 2.75) is 32.6 Å². The van der Waals surface area contributed by atoms with E-state index in [-0.39, 0.29) is 11.6 Å². The molecule has 4 heteroatoms. The number of thiazole rings is 1. The van der Waals surface area contributed by atoms with Crippen molar-refractivity contribution in [3.05, 3.63) is 39.4 Å². The molecule has 90 valence electrons. The van der Waals surface area contributed by atoms with Crippen LogP contribution < -0.4 is 0 Å². The van der Waals surface area contributed by atoms with Crippen LogP contribution >= 0.6 is 11.3 Å². The van der Waals surface area contributed by atoms with Crippen molar-refractivity contribution in [3.8, 4) is 0 Å². The molecule has 0 saturated carbocycles. The number of aromatic nitrogens is 1. The van der Waals surface area contributed by atoms with Gasteiger partial charge in [0.1, 0.15) is 0 Å². The van der Waals surface area contributed by atoms with Crippen molar-refractivity contribution in [1.29, 1.82) is 0 Å². The van der Waals surface area contributed by atoms with Crippen LogP contribution in [0.1, 0.15) is 46.1 Å². The Labute approximate surface area is 105 Å². The number of hydrogen-bond donors (Lipinski definition) is 1. The SMILES string of the molecule is CCC1=CCC(c2sc(C)nc2C(=O)O)C=C1. The lowest BCUT2D eigenvalue weighted by atomic mass is 9.93. The van der Waals surface area contributed by atoms with E-state index in [0.717, 1.165) is 22.7 Å². The molecule has 1 heterocycles. The summed E-state index contributed by atoms with van der Waals surface area (Å²) in [5, 5.41) is 9.93. The summed E-state index contributed by atoms with van der Waals surface area (Å²) in [4.78, 5) is 16.1. The van der Waals surface area contributed by atoms with E-state index in [4.69, 9.17) is 5.11 Å². The second-order valence-corrected chi connectivity index (χ2v) is 5.32. The van der Waals surface area contributed by atoms with Crippen molar-refractivity contribution < 1.29 is 9.90 Å². The van der Waals surface area contributed by atoms with Crippen LogP contribution in [0.5, 0.6) is 0 Å². The number of carbonyl (C=O) groups is 1. The summed E-state index contributed by atoms with van der Waals surface area (Å²) in [5.41, 5.74) is 1.54. The molecule has 17 heavy (non-hydrogen) atoms. The van der Waals surface area contributed by atoms with Crippen molar-refractivity contribution in [1.82, 2.24) is 4.98 Å². The van der Waals surface area contributed by atoms with Gasteiger partial charge in [0, 0.05) is 10.8 Å². The van der Waals surface area contributed by atoms with Crippen LogP contribution in [-0.4, -0.2) is 16.1 Å². The van der Waals surface area contributed by atoms with Crippen LogP contribution in [0.3, 0.4) is 0 Å². The number of nitrogens with zero attached hydrogens (tertiary/aromatic N) is 1. The minimum Gasteiger partial charge on any atom is -0.476 e. The van der Waals surface area contributed by atoms with Gasteiger partial charge >= 0.3 is 5.97 Å². The molecule has 2 rings (SSSR count). The molecule has 1 aliphatic rings. The molecule has 1 unspecified atom stereocenters. The minimum absolute atomic E-state index is 0.169. The van der Waals surface area contributed by atoms with E-state index in [0.29, 0.717) is 0 Å². The largest absolute Gasteiger partial charge is 0.476 e.